The summed E-state index contributed by atoms with van der Waals surface area (Å²) >= 11 is 0. The molecular formula is C14H17N3. The fourth-order valence-corrected chi connectivity index (χ4v) is 3.40. The number of hydrogen-bond donors (Lipinski definition) is 2. The normalized spacial score (nSPS) is 27.9. The molecule has 1 aromatic heterocycles. The van der Waals surface area contributed by atoms with Gasteiger partial charge in [-0.15, -0.1) is 0 Å². The van der Waals surface area contributed by atoms with Gasteiger partial charge in [0.2, 0.25) is 0 Å². The maximum Gasteiger partial charge on any atom is 0.0455 e. The third-order valence-corrected chi connectivity index (χ3v) is 4.21. The minimum absolute atomic E-state index is 0.699. The molecule has 0 saturated carbocycles. The van der Waals surface area contributed by atoms with Crippen LogP contribution in [0.1, 0.15) is 12.8 Å². The van der Waals surface area contributed by atoms with E-state index in [0.29, 0.717) is 12.1 Å². The molecule has 2 N–H and O–H groups in total. The number of nitrogens with zero attached hydrogens (tertiary/aromatic N) is 1. The highest BCUT2D eigenvalue weighted by molar-refractivity contribution is 5.83. The molecule has 88 valence electrons. The van der Waals surface area contributed by atoms with E-state index < -0.39 is 0 Å². The molecule has 4 rings (SSSR count). The van der Waals surface area contributed by atoms with Crippen molar-refractivity contribution in [3.63, 3.8) is 0 Å². The molecule has 2 saturated heterocycles. The zero-order valence-corrected chi connectivity index (χ0v) is 9.82. The van der Waals surface area contributed by atoms with Crippen LogP contribution in [0.4, 0.5) is 5.69 Å². The Hall–Kier alpha value is -1.48. The Bertz CT molecular complexity index is 529. The molecule has 0 amide bonds. The molecule has 0 radical (unpaired) electrons. The summed E-state index contributed by atoms with van der Waals surface area (Å²) in [6.07, 6.45) is 4.69. The van der Waals surface area contributed by atoms with Gasteiger partial charge in [0.05, 0.1) is 0 Å². The van der Waals surface area contributed by atoms with Crippen LogP contribution < -0.4 is 10.2 Å². The van der Waals surface area contributed by atoms with Crippen LogP contribution >= 0.6 is 0 Å². The summed E-state index contributed by atoms with van der Waals surface area (Å²) in [7, 11) is 0. The first-order chi connectivity index (χ1) is 8.42. The summed E-state index contributed by atoms with van der Waals surface area (Å²) in [5, 5.41) is 4.85. The van der Waals surface area contributed by atoms with Gasteiger partial charge < -0.3 is 15.2 Å². The molecule has 2 atom stereocenters. The van der Waals surface area contributed by atoms with Crippen LogP contribution in [0, 0.1) is 0 Å². The zero-order valence-electron chi connectivity index (χ0n) is 9.82. The fraction of sp³-hybridized carbons (Fsp3) is 0.429. The third-order valence-electron chi connectivity index (χ3n) is 4.21. The highest BCUT2D eigenvalue weighted by atomic mass is 15.3. The molecule has 2 aliphatic heterocycles. The Morgan fingerprint density at radius 3 is 2.71 bits per heavy atom. The van der Waals surface area contributed by atoms with Gasteiger partial charge in [0.1, 0.15) is 0 Å². The van der Waals surface area contributed by atoms with Crippen LogP contribution in [0.2, 0.25) is 0 Å². The molecular weight excluding hydrogens is 210 g/mol. The van der Waals surface area contributed by atoms with Gasteiger partial charge in [-0.1, -0.05) is 0 Å². The van der Waals surface area contributed by atoms with E-state index in [0.717, 1.165) is 13.1 Å². The van der Waals surface area contributed by atoms with E-state index in [2.05, 4.69) is 39.5 Å². The van der Waals surface area contributed by atoms with Crippen molar-refractivity contribution in [2.75, 3.05) is 18.0 Å². The lowest BCUT2D eigenvalue weighted by molar-refractivity contribution is 0.485. The summed E-state index contributed by atoms with van der Waals surface area (Å²) in [6, 6.07) is 10.3. The van der Waals surface area contributed by atoms with E-state index in [1.165, 1.54) is 29.4 Å². The third kappa shape index (κ3) is 1.39. The summed E-state index contributed by atoms with van der Waals surface area (Å²) in [6.45, 7) is 2.28. The van der Waals surface area contributed by atoms with Crippen molar-refractivity contribution in [3.8, 4) is 0 Å². The molecule has 17 heavy (non-hydrogen) atoms. The lowest BCUT2D eigenvalue weighted by Crippen LogP contribution is -2.51. The van der Waals surface area contributed by atoms with Gasteiger partial charge in [-0.25, -0.2) is 0 Å². The molecule has 2 fully saturated rings. The van der Waals surface area contributed by atoms with Crippen molar-refractivity contribution in [3.05, 3.63) is 30.5 Å². The monoisotopic (exact) mass is 227 g/mol. The topological polar surface area (TPSA) is 31.1 Å². The van der Waals surface area contributed by atoms with E-state index in [9.17, 15) is 0 Å². The molecule has 0 spiro atoms. The van der Waals surface area contributed by atoms with Gasteiger partial charge in [-0.3, -0.25) is 0 Å². The number of piperazine rings is 1. The first-order valence-corrected chi connectivity index (χ1v) is 6.48. The zero-order chi connectivity index (χ0) is 11.2. The SMILES string of the molecule is c1cc2cc(N3[C@@H]4CC[C@H]3CNC4)ccc2[nH]1. The van der Waals surface area contributed by atoms with E-state index in [1.54, 1.807) is 0 Å². The van der Waals surface area contributed by atoms with Gasteiger partial charge >= 0.3 is 0 Å². The fourth-order valence-electron chi connectivity index (χ4n) is 3.40. The smallest absolute Gasteiger partial charge is 0.0455 e. The number of aromatic nitrogens is 1. The van der Waals surface area contributed by atoms with E-state index in [4.69, 9.17) is 0 Å². The number of anilines is 1. The van der Waals surface area contributed by atoms with Crippen LogP contribution in [0.25, 0.3) is 10.9 Å². The molecule has 2 bridgehead atoms. The van der Waals surface area contributed by atoms with Crippen LogP contribution in [0.15, 0.2) is 30.5 Å². The van der Waals surface area contributed by atoms with Gasteiger partial charge in [-0.2, -0.15) is 0 Å². The van der Waals surface area contributed by atoms with Crippen LogP contribution in [0.5, 0.6) is 0 Å². The molecule has 0 aliphatic carbocycles. The number of benzene rings is 1. The van der Waals surface area contributed by atoms with Crippen LogP contribution in [-0.4, -0.2) is 30.2 Å². The highest BCUT2D eigenvalue weighted by Crippen LogP contribution is 2.33. The second kappa shape index (κ2) is 3.50. The number of fused-ring (bicyclic) bond motifs is 3. The highest BCUT2D eigenvalue weighted by Gasteiger charge is 2.36. The van der Waals surface area contributed by atoms with Crippen molar-refractivity contribution in [2.24, 2.45) is 0 Å². The predicted molar refractivity (Wildman–Crippen MR) is 70.5 cm³/mol. The molecule has 0 unspecified atom stereocenters. The van der Waals surface area contributed by atoms with E-state index in [1.807, 2.05) is 6.20 Å². The Kier molecular flexibility index (Phi) is 1.97. The molecule has 2 aliphatic rings. The maximum absolute atomic E-state index is 3.53. The molecule has 2 aromatic rings. The van der Waals surface area contributed by atoms with E-state index in [-0.39, 0.29) is 0 Å². The van der Waals surface area contributed by atoms with Crippen molar-refractivity contribution in [1.29, 1.82) is 0 Å². The average molecular weight is 227 g/mol. The number of rotatable bonds is 1. The number of H-pyrrole nitrogens is 1. The molecule has 1 aromatic carbocycles. The van der Waals surface area contributed by atoms with Gasteiger partial charge in [-0.05, 0) is 37.1 Å². The van der Waals surface area contributed by atoms with E-state index >= 15 is 0 Å². The minimum Gasteiger partial charge on any atom is -0.363 e. The van der Waals surface area contributed by atoms with Crippen LogP contribution in [0.3, 0.4) is 0 Å². The van der Waals surface area contributed by atoms with Gasteiger partial charge in [0.25, 0.3) is 0 Å². The second-order valence-corrected chi connectivity index (χ2v) is 5.20. The summed E-state index contributed by atoms with van der Waals surface area (Å²) in [4.78, 5) is 5.88. The first-order valence-electron chi connectivity index (χ1n) is 6.48. The quantitative estimate of drug-likeness (QED) is 0.781. The lowest BCUT2D eigenvalue weighted by atomic mass is 10.1. The first kappa shape index (κ1) is 9.54. The minimum atomic E-state index is 0.699. The predicted octanol–water partition coefficient (Wildman–Crippen LogP) is 2.11. The average Bonchev–Trinajstić information content (AvgIpc) is 2.91. The largest absolute Gasteiger partial charge is 0.363 e. The van der Waals surface area contributed by atoms with Gasteiger partial charge in [0, 0.05) is 48.0 Å². The van der Waals surface area contributed by atoms with Crippen molar-refractivity contribution in [1.82, 2.24) is 10.3 Å². The van der Waals surface area contributed by atoms with Gasteiger partial charge in [0.15, 0.2) is 0 Å². The summed E-state index contributed by atoms with van der Waals surface area (Å²) < 4.78 is 0. The number of nitrogens with one attached hydrogen (secondary N) is 2. The van der Waals surface area contributed by atoms with Crippen LogP contribution in [-0.2, 0) is 0 Å². The molecule has 3 heterocycles. The Morgan fingerprint density at radius 1 is 1.06 bits per heavy atom. The molecule has 3 nitrogen and oxygen atoms in total. The molecule has 3 heteroatoms. The number of hydrogen-bond acceptors (Lipinski definition) is 2. The number of aromatic amines is 1. The van der Waals surface area contributed by atoms with Crippen molar-refractivity contribution >= 4 is 16.6 Å². The Morgan fingerprint density at radius 2 is 1.88 bits per heavy atom. The lowest BCUT2D eigenvalue weighted by Gasteiger charge is -2.37. The Balaban J connectivity index is 1.78. The Labute approximate surface area is 101 Å². The van der Waals surface area contributed by atoms with Crippen molar-refractivity contribution in [2.45, 2.75) is 24.9 Å². The maximum atomic E-state index is 3.53. The second-order valence-electron chi connectivity index (χ2n) is 5.20. The summed E-state index contributed by atoms with van der Waals surface area (Å²) in [5.74, 6) is 0. The van der Waals surface area contributed by atoms with Crippen molar-refractivity contribution < 1.29 is 0 Å². The standard InChI is InChI=1S/C14H17N3/c1-2-13-9-15-8-12(1)17(13)11-3-4-14-10(7-11)5-6-16-14/h3-7,12-13,15-16H,1-2,8-9H2/t12-,13+. The summed E-state index contributed by atoms with van der Waals surface area (Å²) in [5.41, 5.74) is 2.63.